The molecule has 0 aromatic rings. The lowest BCUT2D eigenvalue weighted by Gasteiger charge is -2.46. The molecule has 0 bridgehead atoms. The minimum absolute atomic E-state index is 0.307. The molecule has 0 spiro atoms. The maximum Gasteiger partial charge on any atom is 0.0701 e. The van der Waals surface area contributed by atoms with Crippen molar-refractivity contribution in [3.05, 3.63) is 0 Å². The molecular formula is C14H26O. The Bertz CT molecular complexity index is 205. The van der Waals surface area contributed by atoms with Crippen molar-refractivity contribution < 1.29 is 5.11 Å². The van der Waals surface area contributed by atoms with E-state index in [1.165, 1.54) is 44.9 Å². The van der Waals surface area contributed by atoms with Gasteiger partial charge in [-0.1, -0.05) is 39.5 Å². The van der Waals surface area contributed by atoms with Crippen LogP contribution >= 0.6 is 0 Å². The van der Waals surface area contributed by atoms with Gasteiger partial charge in [0.2, 0.25) is 0 Å². The standard InChI is InChI=1S/C14H26O/c1-11-6-8-13(9-7-11)14(15)10-4-3-5-12(14)2/h11-13,15H,3-10H2,1-2H3. The number of hydrogen-bond acceptors (Lipinski definition) is 1. The molecule has 0 aromatic heterocycles. The highest BCUT2D eigenvalue weighted by Gasteiger charge is 2.43. The summed E-state index contributed by atoms with van der Waals surface area (Å²) in [6.45, 7) is 4.61. The summed E-state index contributed by atoms with van der Waals surface area (Å²) < 4.78 is 0. The van der Waals surface area contributed by atoms with E-state index in [1.54, 1.807) is 0 Å². The maximum absolute atomic E-state index is 10.9. The van der Waals surface area contributed by atoms with E-state index in [4.69, 9.17) is 0 Å². The summed E-state index contributed by atoms with van der Waals surface area (Å²) in [6, 6.07) is 0. The first-order valence-corrected chi connectivity index (χ1v) is 6.85. The van der Waals surface area contributed by atoms with Crippen molar-refractivity contribution in [1.82, 2.24) is 0 Å². The molecule has 1 heteroatoms. The largest absolute Gasteiger partial charge is 0.389 e. The van der Waals surface area contributed by atoms with Gasteiger partial charge in [0.25, 0.3) is 0 Å². The molecule has 2 atom stereocenters. The Labute approximate surface area is 94.3 Å². The van der Waals surface area contributed by atoms with Crippen molar-refractivity contribution in [3.63, 3.8) is 0 Å². The molecule has 88 valence electrons. The van der Waals surface area contributed by atoms with Crippen molar-refractivity contribution >= 4 is 0 Å². The second-order valence-corrected chi connectivity index (χ2v) is 6.09. The lowest BCUT2D eigenvalue weighted by Crippen LogP contribution is -2.47. The molecule has 2 aliphatic rings. The van der Waals surface area contributed by atoms with E-state index in [2.05, 4.69) is 13.8 Å². The first kappa shape index (κ1) is 11.4. The summed E-state index contributed by atoms with van der Waals surface area (Å²) in [7, 11) is 0. The summed E-state index contributed by atoms with van der Waals surface area (Å²) in [5.74, 6) is 2.03. The van der Waals surface area contributed by atoms with Gasteiger partial charge in [-0.25, -0.2) is 0 Å². The minimum Gasteiger partial charge on any atom is -0.389 e. The van der Waals surface area contributed by atoms with Crippen molar-refractivity contribution in [2.24, 2.45) is 17.8 Å². The van der Waals surface area contributed by atoms with Crippen LogP contribution in [0.3, 0.4) is 0 Å². The highest BCUT2D eigenvalue weighted by atomic mass is 16.3. The summed E-state index contributed by atoms with van der Waals surface area (Å²) >= 11 is 0. The third-order valence-corrected chi connectivity index (χ3v) is 5.04. The van der Waals surface area contributed by atoms with Crippen molar-refractivity contribution in [3.8, 4) is 0 Å². The van der Waals surface area contributed by atoms with E-state index in [1.807, 2.05) is 0 Å². The van der Waals surface area contributed by atoms with Crippen LogP contribution in [-0.2, 0) is 0 Å². The molecule has 0 radical (unpaired) electrons. The molecule has 2 saturated carbocycles. The van der Waals surface area contributed by atoms with Crippen molar-refractivity contribution in [2.45, 2.75) is 70.8 Å². The highest BCUT2D eigenvalue weighted by molar-refractivity contribution is 4.94. The normalized spacial score (nSPS) is 47.8. The molecule has 1 nitrogen and oxygen atoms in total. The van der Waals surface area contributed by atoms with Crippen LogP contribution in [-0.4, -0.2) is 10.7 Å². The van der Waals surface area contributed by atoms with Crippen molar-refractivity contribution in [1.29, 1.82) is 0 Å². The molecule has 15 heavy (non-hydrogen) atoms. The van der Waals surface area contributed by atoms with Crippen LogP contribution in [0.1, 0.15) is 65.2 Å². The Balaban J connectivity index is 2.00. The van der Waals surface area contributed by atoms with E-state index in [9.17, 15) is 5.11 Å². The molecule has 2 rings (SSSR count). The zero-order valence-corrected chi connectivity index (χ0v) is 10.3. The van der Waals surface area contributed by atoms with Gasteiger partial charge in [-0.2, -0.15) is 0 Å². The molecule has 0 amide bonds. The van der Waals surface area contributed by atoms with E-state index < -0.39 is 0 Å². The summed E-state index contributed by atoms with van der Waals surface area (Å²) in [6.07, 6.45) is 10.1. The molecule has 2 aliphatic carbocycles. The van der Waals surface area contributed by atoms with Crippen LogP contribution in [0.15, 0.2) is 0 Å². The Hall–Kier alpha value is -0.0400. The smallest absolute Gasteiger partial charge is 0.0701 e. The van der Waals surface area contributed by atoms with Gasteiger partial charge < -0.3 is 5.11 Å². The lowest BCUT2D eigenvalue weighted by molar-refractivity contribution is -0.101. The fourth-order valence-corrected chi connectivity index (χ4v) is 3.72. The Morgan fingerprint density at radius 2 is 1.60 bits per heavy atom. The highest BCUT2D eigenvalue weighted by Crippen LogP contribution is 2.45. The van der Waals surface area contributed by atoms with Gasteiger partial charge in [-0.3, -0.25) is 0 Å². The van der Waals surface area contributed by atoms with Gasteiger partial charge in [-0.15, -0.1) is 0 Å². The minimum atomic E-state index is -0.307. The van der Waals surface area contributed by atoms with Gasteiger partial charge in [0, 0.05) is 0 Å². The summed E-state index contributed by atoms with van der Waals surface area (Å²) in [5, 5.41) is 10.9. The molecule has 1 N–H and O–H groups in total. The Morgan fingerprint density at radius 1 is 0.933 bits per heavy atom. The molecular weight excluding hydrogens is 184 g/mol. The molecule has 0 heterocycles. The third-order valence-electron chi connectivity index (χ3n) is 5.04. The maximum atomic E-state index is 10.9. The SMILES string of the molecule is CC1CCC(C2(O)CCCCC2C)CC1. The fourth-order valence-electron chi connectivity index (χ4n) is 3.72. The van der Waals surface area contributed by atoms with Crippen LogP contribution in [0.2, 0.25) is 0 Å². The van der Waals surface area contributed by atoms with Gasteiger partial charge in [0.15, 0.2) is 0 Å². The lowest BCUT2D eigenvalue weighted by atomic mass is 9.64. The van der Waals surface area contributed by atoms with Crippen LogP contribution in [0.25, 0.3) is 0 Å². The van der Waals surface area contributed by atoms with E-state index in [0.717, 1.165) is 12.3 Å². The predicted molar refractivity (Wildman–Crippen MR) is 63.7 cm³/mol. The van der Waals surface area contributed by atoms with Gasteiger partial charge in [0.05, 0.1) is 5.60 Å². The molecule has 0 saturated heterocycles. The van der Waals surface area contributed by atoms with Gasteiger partial charge in [-0.05, 0) is 43.4 Å². The van der Waals surface area contributed by atoms with Crippen LogP contribution in [0.5, 0.6) is 0 Å². The Morgan fingerprint density at radius 3 is 2.20 bits per heavy atom. The van der Waals surface area contributed by atoms with E-state index in [0.29, 0.717) is 11.8 Å². The zero-order chi connectivity index (χ0) is 10.9. The van der Waals surface area contributed by atoms with Crippen molar-refractivity contribution in [2.75, 3.05) is 0 Å². The molecule has 2 fully saturated rings. The van der Waals surface area contributed by atoms with Gasteiger partial charge >= 0.3 is 0 Å². The fraction of sp³-hybridized carbons (Fsp3) is 1.00. The van der Waals surface area contributed by atoms with E-state index >= 15 is 0 Å². The van der Waals surface area contributed by atoms with Crippen LogP contribution < -0.4 is 0 Å². The predicted octanol–water partition coefficient (Wildman–Crippen LogP) is 3.75. The first-order chi connectivity index (χ1) is 7.13. The van der Waals surface area contributed by atoms with Crippen LogP contribution in [0.4, 0.5) is 0 Å². The number of hydrogen-bond donors (Lipinski definition) is 1. The second kappa shape index (κ2) is 4.45. The topological polar surface area (TPSA) is 20.2 Å². The zero-order valence-electron chi connectivity index (χ0n) is 10.3. The summed E-state index contributed by atoms with van der Waals surface area (Å²) in [4.78, 5) is 0. The first-order valence-electron chi connectivity index (χ1n) is 6.85. The quantitative estimate of drug-likeness (QED) is 0.699. The second-order valence-electron chi connectivity index (χ2n) is 6.09. The summed E-state index contributed by atoms with van der Waals surface area (Å²) in [5.41, 5.74) is -0.307. The monoisotopic (exact) mass is 210 g/mol. The average molecular weight is 210 g/mol. The third kappa shape index (κ3) is 2.22. The van der Waals surface area contributed by atoms with Crippen LogP contribution in [0, 0.1) is 17.8 Å². The number of rotatable bonds is 1. The Kier molecular flexibility index (Phi) is 3.39. The number of aliphatic hydroxyl groups is 1. The van der Waals surface area contributed by atoms with E-state index in [-0.39, 0.29) is 5.60 Å². The molecule has 0 aromatic carbocycles. The molecule has 2 unspecified atom stereocenters. The molecule has 0 aliphatic heterocycles. The average Bonchev–Trinajstić information content (AvgIpc) is 2.23. The van der Waals surface area contributed by atoms with Gasteiger partial charge in [0.1, 0.15) is 0 Å².